The van der Waals surface area contributed by atoms with Gasteiger partial charge in [-0.15, -0.1) is 10.2 Å². The molecule has 0 saturated carbocycles. The molecule has 0 radical (unpaired) electrons. The first-order valence-electron chi connectivity index (χ1n) is 6.69. The number of rotatable bonds is 6. The molecule has 0 aliphatic carbocycles. The smallest absolute Gasteiger partial charge is 0.321 e. The standard InChI is InChI=1S/C13H18N4O3S/c1-3-11-16-17-13(21-11)15-12(19)14-8(2)7-9(18)10-5-4-6-20-10/h4-6,8-9,18H,3,7H2,1-2H3,(H2,14,15,17,19). The summed E-state index contributed by atoms with van der Waals surface area (Å²) in [6, 6.07) is 2.83. The summed E-state index contributed by atoms with van der Waals surface area (Å²) in [4.78, 5) is 11.8. The number of hydrogen-bond acceptors (Lipinski definition) is 6. The summed E-state index contributed by atoms with van der Waals surface area (Å²) in [7, 11) is 0. The molecule has 0 aliphatic rings. The van der Waals surface area contributed by atoms with Crippen LogP contribution in [0.1, 0.15) is 37.1 Å². The number of hydrogen-bond donors (Lipinski definition) is 3. The molecule has 8 heteroatoms. The zero-order chi connectivity index (χ0) is 15.2. The predicted octanol–water partition coefficient (Wildman–Crippen LogP) is 2.33. The first-order valence-corrected chi connectivity index (χ1v) is 7.51. The molecule has 2 rings (SSSR count). The van der Waals surface area contributed by atoms with Gasteiger partial charge in [0.25, 0.3) is 0 Å². The van der Waals surface area contributed by atoms with Gasteiger partial charge in [-0.05, 0) is 25.5 Å². The number of aliphatic hydroxyl groups excluding tert-OH is 1. The molecule has 2 aromatic rings. The van der Waals surface area contributed by atoms with Crippen LogP contribution in [0, 0.1) is 0 Å². The van der Waals surface area contributed by atoms with E-state index in [-0.39, 0.29) is 12.1 Å². The van der Waals surface area contributed by atoms with E-state index >= 15 is 0 Å². The van der Waals surface area contributed by atoms with Crippen LogP contribution in [0.3, 0.4) is 0 Å². The van der Waals surface area contributed by atoms with Crippen molar-refractivity contribution in [3.8, 4) is 0 Å². The van der Waals surface area contributed by atoms with E-state index in [1.165, 1.54) is 17.6 Å². The molecular formula is C13H18N4O3S. The van der Waals surface area contributed by atoms with E-state index in [0.717, 1.165) is 11.4 Å². The van der Waals surface area contributed by atoms with Crippen LogP contribution in [0.2, 0.25) is 0 Å². The van der Waals surface area contributed by atoms with Crippen LogP contribution in [-0.2, 0) is 6.42 Å². The van der Waals surface area contributed by atoms with E-state index in [4.69, 9.17) is 4.42 Å². The van der Waals surface area contributed by atoms with Crippen molar-refractivity contribution < 1.29 is 14.3 Å². The van der Waals surface area contributed by atoms with Gasteiger partial charge in [-0.1, -0.05) is 18.3 Å². The molecular weight excluding hydrogens is 292 g/mol. The first-order chi connectivity index (χ1) is 10.1. The summed E-state index contributed by atoms with van der Waals surface area (Å²) < 4.78 is 5.12. The summed E-state index contributed by atoms with van der Waals surface area (Å²) in [6.07, 6.45) is 1.90. The van der Waals surface area contributed by atoms with Crippen molar-refractivity contribution in [2.45, 2.75) is 38.8 Å². The summed E-state index contributed by atoms with van der Waals surface area (Å²) in [5, 5.41) is 24.4. The molecule has 2 aromatic heterocycles. The Morgan fingerprint density at radius 2 is 2.33 bits per heavy atom. The van der Waals surface area contributed by atoms with Crippen LogP contribution in [0.25, 0.3) is 0 Å². The van der Waals surface area contributed by atoms with Gasteiger partial charge in [0, 0.05) is 12.5 Å². The number of aromatic nitrogens is 2. The molecule has 21 heavy (non-hydrogen) atoms. The number of nitrogens with one attached hydrogen (secondary N) is 2. The van der Waals surface area contributed by atoms with Gasteiger partial charge in [0.1, 0.15) is 16.9 Å². The Morgan fingerprint density at radius 1 is 1.52 bits per heavy atom. The van der Waals surface area contributed by atoms with Crippen LogP contribution >= 0.6 is 11.3 Å². The van der Waals surface area contributed by atoms with Crippen molar-refractivity contribution in [3.05, 3.63) is 29.2 Å². The Bertz CT molecular complexity index is 570. The molecule has 0 saturated heterocycles. The Kier molecular flexibility index (Phi) is 5.29. The topological polar surface area (TPSA) is 100 Å². The number of anilines is 1. The van der Waals surface area contributed by atoms with E-state index in [1.54, 1.807) is 12.1 Å². The Hall–Kier alpha value is -1.93. The van der Waals surface area contributed by atoms with Crippen LogP contribution in [0.15, 0.2) is 22.8 Å². The molecule has 2 unspecified atom stereocenters. The maximum Gasteiger partial charge on any atom is 0.321 e. The first kappa shape index (κ1) is 15.5. The fourth-order valence-corrected chi connectivity index (χ4v) is 2.47. The minimum Gasteiger partial charge on any atom is -0.467 e. The Labute approximate surface area is 126 Å². The Morgan fingerprint density at radius 3 is 2.95 bits per heavy atom. The molecule has 7 nitrogen and oxygen atoms in total. The van der Waals surface area contributed by atoms with Crippen LogP contribution in [-0.4, -0.2) is 27.4 Å². The SMILES string of the molecule is CCc1nnc(NC(=O)NC(C)CC(O)c2ccco2)s1. The molecule has 2 heterocycles. The molecule has 2 amide bonds. The monoisotopic (exact) mass is 310 g/mol. The molecule has 0 aliphatic heterocycles. The van der Waals surface area contributed by atoms with Crippen LogP contribution < -0.4 is 10.6 Å². The minimum absolute atomic E-state index is 0.219. The zero-order valence-electron chi connectivity index (χ0n) is 11.9. The molecule has 0 fully saturated rings. The van der Waals surface area contributed by atoms with Gasteiger partial charge in [-0.25, -0.2) is 4.79 Å². The second-order valence-electron chi connectivity index (χ2n) is 4.62. The van der Waals surface area contributed by atoms with Gasteiger partial charge in [0.2, 0.25) is 5.13 Å². The van der Waals surface area contributed by atoms with Gasteiger partial charge in [-0.2, -0.15) is 0 Å². The van der Waals surface area contributed by atoms with Crippen molar-refractivity contribution in [2.24, 2.45) is 0 Å². The average Bonchev–Trinajstić information content (AvgIpc) is 3.08. The molecule has 3 N–H and O–H groups in total. The molecule has 2 atom stereocenters. The summed E-state index contributed by atoms with van der Waals surface area (Å²) in [5.41, 5.74) is 0. The highest BCUT2D eigenvalue weighted by Crippen LogP contribution is 2.19. The number of amides is 2. The lowest BCUT2D eigenvalue weighted by Gasteiger charge is -2.16. The third-order valence-electron chi connectivity index (χ3n) is 2.82. The van der Waals surface area contributed by atoms with E-state index in [0.29, 0.717) is 17.3 Å². The number of carbonyl (C=O) groups is 1. The highest BCUT2D eigenvalue weighted by molar-refractivity contribution is 7.15. The van der Waals surface area contributed by atoms with Crippen LogP contribution in [0.4, 0.5) is 9.93 Å². The van der Waals surface area contributed by atoms with E-state index in [2.05, 4.69) is 20.8 Å². The number of furan rings is 1. The molecule has 114 valence electrons. The summed E-state index contributed by atoms with van der Waals surface area (Å²) >= 11 is 1.34. The van der Waals surface area contributed by atoms with Crippen molar-refractivity contribution in [2.75, 3.05) is 5.32 Å². The lowest BCUT2D eigenvalue weighted by Crippen LogP contribution is -2.37. The second-order valence-corrected chi connectivity index (χ2v) is 5.68. The number of aryl methyl sites for hydroxylation is 1. The van der Waals surface area contributed by atoms with Gasteiger partial charge in [-0.3, -0.25) is 5.32 Å². The largest absolute Gasteiger partial charge is 0.467 e. The van der Waals surface area contributed by atoms with Gasteiger partial charge in [0.15, 0.2) is 0 Å². The highest BCUT2D eigenvalue weighted by atomic mass is 32.1. The molecule has 0 aromatic carbocycles. The van der Waals surface area contributed by atoms with Crippen molar-refractivity contribution in [1.29, 1.82) is 0 Å². The van der Waals surface area contributed by atoms with E-state index < -0.39 is 6.10 Å². The summed E-state index contributed by atoms with van der Waals surface area (Å²) in [5.74, 6) is 0.487. The number of aliphatic hydroxyl groups is 1. The quantitative estimate of drug-likeness (QED) is 0.760. The Balaban J connectivity index is 1.79. The van der Waals surface area contributed by atoms with Gasteiger partial charge < -0.3 is 14.8 Å². The minimum atomic E-state index is -0.747. The van der Waals surface area contributed by atoms with Crippen LogP contribution in [0.5, 0.6) is 0 Å². The normalized spacial score (nSPS) is 13.7. The maximum absolute atomic E-state index is 11.8. The predicted molar refractivity (Wildman–Crippen MR) is 79.2 cm³/mol. The van der Waals surface area contributed by atoms with Gasteiger partial charge >= 0.3 is 6.03 Å². The fourth-order valence-electron chi connectivity index (χ4n) is 1.79. The number of carbonyl (C=O) groups excluding carboxylic acids is 1. The third-order valence-corrected chi connectivity index (χ3v) is 3.80. The maximum atomic E-state index is 11.8. The highest BCUT2D eigenvalue weighted by Gasteiger charge is 2.17. The lowest BCUT2D eigenvalue weighted by atomic mass is 10.1. The number of urea groups is 1. The lowest BCUT2D eigenvalue weighted by molar-refractivity contribution is 0.130. The fraction of sp³-hybridized carbons (Fsp3) is 0.462. The van der Waals surface area contributed by atoms with Crippen molar-refractivity contribution in [3.63, 3.8) is 0 Å². The second kappa shape index (κ2) is 7.19. The molecule has 0 spiro atoms. The molecule has 0 bridgehead atoms. The number of nitrogens with zero attached hydrogens (tertiary/aromatic N) is 2. The average molecular weight is 310 g/mol. The summed E-state index contributed by atoms with van der Waals surface area (Å²) in [6.45, 7) is 3.78. The van der Waals surface area contributed by atoms with E-state index in [1.807, 2.05) is 13.8 Å². The van der Waals surface area contributed by atoms with Crippen molar-refractivity contribution in [1.82, 2.24) is 15.5 Å². The van der Waals surface area contributed by atoms with Crippen molar-refractivity contribution >= 4 is 22.5 Å². The third kappa shape index (κ3) is 4.54. The van der Waals surface area contributed by atoms with Gasteiger partial charge in [0.05, 0.1) is 6.26 Å². The van der Waals surface area contributed by atoms with E-state index in [9.17, 15) is 9.90 Å². The zero-order valence-corrected chi connectivity index (χ0v) is 12.7.